The highest BCUT2D eigenvalue weighted by molar-refractivity contribution is 5.66. The van der Waals surface area contributed by atoms with Crippen molar-refractivity contribution < 1.29 is 0 Å². The van der Waals surface area contributed by atoms with Gasteiger partial charge in [0.25, 0.3) is 0 Å². The van der Waals surface area contributed by atoms with Crippen LogP contribution in [0.2, 0.25) is 0 Å². The fourth-order valence-electron chi connectivity index (χ4n) is 5.70. The van der Waals surface area contributed by atoms with Crippen LogP contribution in [0.1, 0.15) is 88.3 Å². The Hall–Kier alpha value is -3.00. The number of rotatable bonds is 5. The van der Waals surface area contributed by atoms with E-state index in [1.807, 2.05) is 0 Å². The first-order chi connectivity index (χ1) is 19.4. The van der Waals surface area contributed by atoms with Crippen molar-refractivity contribution in [2.75, 3.05) is 23.9 Å². The second kappa shape index (κ2) is 17.0. The molecule has 1 aliphatic carbocycles. The molecule has 0 aromatic heterocycles. The molecule has 2 nitrogen and oxygen atoms in total. The molecule has 2 unspecified atom stereocenters. The fourth-order valence-corrected chi connectivity index (χ4v) is 5.70. The molecule has 0 heterocycles. The highest BCUT2D eigenvalue weighted by Crippen LogP contribution is 2.30. The molecule has 0 amide bonds. The van der Waals surface area contributed by atoms with Crippen molar-refractivity contribution >= 4 is 17.1 Å². The highest BCUT2D eigenvalue weighted by atomic mass is 15.1. The van der Waals surface area contributed by atoms with Gasteiger partial charge in [0.05, 0.1) is 0 Å². The van der Waals surface area contributed by atoms with E-state index in [4.69, 9.17) is 0 Å². The van der Waals surface area contributed by atoms with E-state index in [2.05, 4.69) is 137 Å². The summed E-state index contributed by atoms with van der Waals surface area (Å²) >= 11 is 0. The summed E-state index contributed by atoms with van der Waals surface area (Å²) in [5.74, 6) is 0.763. The molecule has 0 aliphatic heterocycles. The van der Waals surface area contributed by atoms with Gasteiger partial charge in [0.15, 0.2) is 0 Å². The first kappa shape index (κ1) is 31.5. The monoisotopic (exact) mass is 538 g/mol. The summed E-state index contributed by atoms with van der Waals surface area (Å²) in [6.07, 6.45) is 13.2. The highest BCUT2D eigenvalue weighted by Gasteiger charge is 2.19. The van der Waals surface area contributed by atoms with Gasteiger partial charge in [-0.2, -0.15) is 0 Å². The van der Waals surface area contributed by atoms with Gasteiger partial charge in [0.1, 0.15) is 0 Å². The van der Waals surface area contributed by atoms with Crippen LogP contribution in [0.4, 0.5) is 17.1 Å². The van der Waals surface area contributed by atoms with Crippen LogP contribution < -0.4 is 9.80 Å². The Labute approximate surface area is 246 Å². The zero-order valence-electron chi connectivity index (χ0n) is 26.2. The molecular weight excluding hydrogens is 484 g/mol. The fraction of sp³-hybridized carbons (Fsp3) is 0.474. The molecular formula is C38H54N2. The van der Waals surface area contributed by atoms with E-state index < -0.39 is 0 Å². The Balaban J connectivity index is 2.13. The van der Waals surface area contributed by atoms with E-state index in [0.29, 0.717) is 6.04 Å². The van der Waals surface area contributed by atoms with Gasteiger partial charge in [-0.1, -0.05) is 119 Å². The molecule has 40 heavy (non-hydrogen) atoms. The summed E-state index contributed by atoms with van der Waals surface area (Å²) < 4.78 is 0. The van der Waals surface area contributed by atoms with E-state index in [9.17, 15) is 0 Å². The molecule has 1 saturated carbocycles. The zero-order chi connectivity index (χ0) is 28.7. The maximum Gasteiger partial charge on any atom is 0.0428 e. The maximum atomic E-state index is 2.59. The van der Waals surface area contributed by atoms with Crippen LogP contribution in [0, 0.1) is 19.8 Å². The quantitative estimate of drug-likeness (QED) is 0.373. The molecule has 1 fully saturated rings. The lowest BCUT2D eigenvalue weighted by Gasteiger charge is -2.33. The molecule has 0 spiro atoms. The summed E-state index contributed by atoms with van der Waals surface area (Å²) in [6, 6.07) is 31.7. The van der Waals surface area contributed by atoms with Crippen molar-refractivity contribution in [1.29, 1.82) is 0 Å². The minimum atomic E-state index is 0.554. The SMILES string of the molecule is CCc1cccccccc(N(C)c2ccc(C)ccc(C)cc(N(C)C3CCCCCCCCC(C)C3)c2)c1. The Bertz CT molecular complexity index is 1170. The van der Waals surface area contributed by atoms with E-state index >= 15 is 0 Å². The third kappa shape index (κ3) is 10.5. The third-order valence-corrected chi connectivity index (χ3v) is 8.45. The Morgan fingerprint density at radius 2 is 1.23 bits per heavy atom. The molecule has 1 aliphatic rings. The first-order valence-electron chi connectivity index (χ1n) is 15.7. The third-order valence-electron chi connectivity index (χ3n) is 8.45. The Morgan fingerprint density at radius 1 is 0.625 bits per heavy atom. The van der Waals surface area contributed by atoms with Crippen molar-refractivity contribution in [2.45, 2.75) is 97.9 Å². The van der Waals surface area contributed by atoms with Crippen LogP contribution in [0.3, 0.4) is 0 Å². The van der Waals surface area contributed by atoms with Gasteiger partial charge in [0, 0.05) is 37.2 Å². The largest absolute Gasteiger partial charge is 0.372 e. The van der Waals surface area contributed by atoms with Crippen molar-refractivity contribution in [3.05, 3.63) is 102 Å². The maximum absolute atomic E-state index is 2.59. The van der Waals surface area contributed by atoms with Gasteiger partial charge < -0.3 is 9.80 Å². The van der Waals surface area contributed by atoms with Crippen LogP contribution in [0.15, 0.2) is 84.9 Å². The second-order valence-corrected chi connectivity index (χ2v) is 11.9. The standard InChI is InChI=1S/C38H54N2/c1-7-34-20-16-12-10-14-18-22-36(29-34)39(5)37-26-25-31(2)23-24-33(4)28-38(30-37)40(6)35-21-17-13-9-8-11-15-19-32(3)27-35/h10,12,14,16,18,20,22-26,28-30,32,35H,7-9,11,13,15,17,19,21,27H2,1-6H3. The van der Waals surface area contributed by atoms with Crippen molar-refractivity contribution in [1.82, 2.24) is 0 Å². The van der Waals surface area contributed by atoms with E-state index in [-0.39, 0.29) is 0 Å². The molecule has 0 bridgehead atoms. The summed E-state index contributed by atoms with van der Waals surface area (Å²) in [4.78, 5) is 4.93. The summed E-state index contributed by atoms with van der Waals surface area (Å²) in [6.45, 7) is 9.10. The summed E-state index contributed by atoms with van der Waals surface area (Å²) in [5, 5.41) is 0. The van der Waals surface area contributed by atoms with Gasteiger partial charge in [-0.15, -0.1) is 0 Å². The number of hydrogen-bond donors (Lipinski definition) is 0. The van der Waals surface area contributed by atoms with Crippen molar-refractivity contribution in [3.63, 3.8) is 0 Å². The van der Waals surface area contributed by atoms with Crippen molar-refractivity contribution in [3.8, 4) is 0 Å². The molecule has 0 N–H and O–H groups in total. The van der Waals surface area contributed by atoms with E-state index in [1.54, 1.807) is 0 Å². The number of nitrogens with zero attached hydrogens (tertiary/aromatic N) is 2. The molecule has 2 aromatic rings. The van der Waals surface area contributed by atoms with Gasteiger partial charge in [-0.05, 0) is 80.5 Å². The first-order valence-corrected chi connectivity index (χ1v) is 15.7. The minimum absolute atomic E-state index is 0.554. The van der Waals surface area contributed by atoms with Gasteiger partial charge in [-0.25, -0.2) is 0 Å². The molecule has 216 valence electrons. The van der Waals surface area contributed by atoms with Crippen LogP contribution >= 0.6 is 0 Å². The van der Waals surface area contributed by atoms with Gasteiger partial charge >= 0.3 is 0 Å². The molecule has 2 aromatic carbocycles. The normalized spacial score (nSPS) is 17.9. The van der Waals surface area contributed by atoms with E-state index in [0.717, 1.165) is 12.3 Å². The molecule has 3 rings (SSSR count). The van der Waals surface area contributed by atoms with Gasteiger partial charge in [-0.3, -0.25) is 0 Å². The minimum Gasteiger partial charge on any atom is -0.372 e. The van der Waals surface area contributed by atoms with Crippen LogP contribution in [-0.2, 0) is 6.42 Å². The summed E-state index contributed by atoms with van der Waals surface area (Å²) in [5.41, 5.74) is 7.51. The smallest absolute Gasteiger partial charge is 0.0428 e. The zero-order valence-corrected chi connectivity index (χ0v) is 26.2. The van der Waals surface area contributed by atoms with Crippen LogP contribution in [0.5, 0.6) is 0 Å². The number of hydrogen-bond acceptors (Lipinski definition) is 2. The van der Waals surface area contributed by atoms with E-state index in [1.165, 1.54) is 91.5 Å². The predicted molar refractivity (Wildman–Crippen MR) is 178 cm³/mol. The predicted octanol–water partition coefficient (Wildman–Crippen LogP) is 10.8. The Kier molecular flexibility index (Phi) is 13.4. The lowest BCUT2D eigenvalue weighted by molar-refractivity contribution is 0.401. The van der Waals surface area contributed by atoms with Crippen molar-refractivity contribution in [2.24, 2.45) is 5.92 Å². The second-order valence-electron chi connectivity index (χ2n) is 11.9. The van der Waals surface area contributed by atoms with Gasteiger partial charge in [0.2, 0.25) is 0 Å². The van der Waals surface area contributed by atoms with Crippen LogP contribution in [-0.4, -0.2) is 20.1 Å². The summed E-state index contributed by atoms with van der Waals surface area (Å²) in [7, 11) is 4.53. The average molecular weight is 539 g/mol. The molecule has 0 saturated heterocycles. The lowest BCUT2D eigenvalue weighted by Crippen LogP contribution is -2.33. The number of aryl methyl sites for hydroxylation is 3. The average Bonchev–Trinajstić information content (AvgIpc) is 3.00. The van der Waals surface area contributed by atoms with Crippen LogP contribution in [0.25, 0.3) is 0 Å². The Morgan fingerprint density at radius 3 is 1.98 bits per heavy atom. The topological polar surface area (TPSA) is 6.48 Å². The molecule has 2 heteroatoms. The lowest BCUT2D eigenvalue weighted by atomic mass is 9.93. The number of anilines is 3. The molecule has 2 atom stereocenters. The molecule has 0 radical (unpaired) electrons.